The maximum atomic E-state index is 13.9. The molecule has 0 bridgehead atoms. The van der Waals surface area contributed by atoms with Gasteiger partial charge in [-0.3, -0.25) is 4.79 Å². The number of hydrogen-bond donors (Lipinski definition) is 1. The summed E-state index contributed by atoms with van der Waals surface area (Å²) in [4.78, 5) is 15.9. The fraction of sp³-hybridized carbons (Fsp3) is 0.211. The Morgan fingerprint density at radius 3 is 2.58 bits per heavy atom. The summed E-state index contributed by atoms with van der Waals surface area (Å²) in [6.45, 7) is 2.42. The van der Waals surface area contributed by atoms with Gasteiger partial charge in [0.15, 0.2) is 5.43 Å². The zero-order valence-corrected chi connectivity index (χ0v) is 13.6. The lowest BCUT2D eigenvalue weighted by Gasteiger charge is -2.10. The monoisotopic (exact) mass is 327 g/mol. The largest absolute Gasteiger partial charge is 0.497 e. The number of aromatic amines is 1. The summed E-state index contributed by atoms with van der Waals surface area (Å²) in [6.07, 6.45) is 2.43. The van der Waals surface area contributed by atoms with Crippen LogP contribution in [0.2, 0.25) is 0 Å². The van der Waals surface area contributed by atoms with Crippen molar-refractivity contribution in [2.45, 2.75) is 13.3 Å². The molecule has 0 fully saturated rings. The van der Waals surface area contributed by atoms with Gasteiger partial charge in [-0.1, -0.05) is 19.1 Å². The van der Waals surface area contributed by atoms with Crippen LogP contribution in [-0.2, 0) is 0 Å². The Hall–Kier alpha value is -2.82. The van der Waals surface area contributed by atoms with Gasteiger partial charge in [-0.15, -0.1) is 0 Å². The van der Waals surface area contributed by atoms with E-state index in [0.717, 1.165) is 12.0 Å². The number of benzene rings is 2. The third-order valence-electron chi connectivity index (χ3n) is 3.78. The Labute approximate surface area is 138 Å². The second-order valence-electron chi connectivity index (χ2n) is 5.43. The molecule has 0 spiro atoms. The predicted octanol–water partition coefficient (Wildman–Crippen LogP) is 4.13. The molecule has 0 saturated heterocycles. The number of halogens is 1. The number of pyridine rings is 1. The van der Waals surface area contributed by atoms with E-state index < -0.39 is 5.82 Å². The minimum Gasteiger partial charge on any atom is -0.497 e. The van der Waals surface area contributed by atoms with Gasteiger partial charge in [-0.2, -0.15) is 0 Å². The molecule has 0 amide bonds. The Morgan fingerprint density at radius 1 is 1.17 bits per heavy atom. The van der Waals surface area contributed by atoms with Crippen LogP contribution in [0.5, 0.6) is 11.5 Å². The first-order valence-corrected chi connectivity index (χ1v) is 7.76. The summed E-state index contributed by atoms with van der Waals surface area (Å²) in [5, 5.41) is 0.273. The second kappa shape index (κ2) is 6.74. The molecule has 124 valence electrons. The Morgan fingerprint density at radius 2 is 1.92 bits per heavy atom. The molecule has 2 aromatic carbocycles. The van der Waals surface area contributed by atoms with Crippen LogP contribution in [0.25, 0.3) is 22.0 Å². The summed E-state index contributed by atoms with van der Waals surface area (Å²) >= 11 is 0. The van der Waals surface area contributed by atoms with Crippen molar-refractivity contribution in [3.8, 4) is 22.6 Å². The molecule has 0 atom stereocenters. The molecule has 4 nitrogen and oxygen atoms in total. The predicted molar refractivity (Wildman–Crippen MR) is 92.3 cm³/mol. The lowest BCUT2D eigenvalue weighted by molar-refractivity contribution is 0.319. The van der Waals surface area contributed by atoms with Gasteiger partial charge >= 0.3 is 0 Å². The molecule has 1 N–H and O–H groups in total. The molecule has 0 aliphatic rings. The van der Waals surface area contributed by atoms with Gasteiger partial charge in [-0.05, 0) is 30.2 Å². The van der Waals surface area contributed by atoms with Crippen LogP contribution in [-0.4, -0.2) is 18.7 Å². The van der Waals surface area contributed by atoms with Gasteiger partial charge < -0.3 is 14.5 Å². The van der Waals surface area contributed by atoms with Crippen molar-refractivity contribution in [3.63, 3.8) is 0 Å². The van der Waals surface area contributed by atoms with E-state index >= 15 is 0 Å². The fourth-order valence-corrected chi connectivity index (χ4v) is 2.58. The average Bonchev–Trinajstić information content (AvgIpc) is 2.60. The number of nitrogens with one attached hydrogen (secondary N) is 1. The topological polar surface area (TPSA) is 51.3 Å². The van der Waals surface area contributed by atoms with E-state index in [1.54, 1.807) is 37.6 Å². The molecule has 3 rings (SSSR count). The number of H-pyrrole nitrogens is 1. The van der Waals surface area contributed by atoms with E-state index in [9.17, 15) is 9.18 Å². The second-order valence-corrected chi connectivity index (χ2v) is 5.43. The van der Waals surface area contributed by atoms with Crippen molar-refractivity contribution in [1.29, 1.82) is 0 Å². The van der Waals surface area contributed by atoms with Crippen molar-refractivity contribution >= 4 is 10.9 Å². The lowest BCUT2D eigenvalue weighted by Crippen LogP contribution is -2.08. The van der Waals surface area contributed by atoms with E-state index in [1.807, 2.05) is 6.92 Å². The first kappa shape index (κ1) is 16.1. The van der Waals surface area contributed by atoms with Crippen LogP contribution in [0.3, 0.4) is 0 Å². The highest BCUT2D eigenvalue weighted by molar-refractivity contribution is 5.88. The number of rotatable bonds is 5. The molecular formula is C19H18FNO3. The highest BCUT2D eigenvalue weighted by atomic mass is 19.1. The van der Waals surface area contributed by atoms with Crippen LogP contribution in [0, 0.1) is 5.82 Å². The summed E-state index contributed by atoms with van der Waals surface area (Å²) < 4.78 is 24.6. The minimum atomic E-state index is -0.494. The van der Waals surface area contributed by atoms with Crippen LogP contribution >= 0.6 is 0 Å². The molecule has 3 aromatic rings. The Kier molecular flexibility index (Phi) is 4.51. The van der Waals surface area contributed by atoms with Gasteiger partial charge in [0.25, 0.3) is 0 Å². The normalized spacial score (nSPS) is 10.8. The SMILES string of the molecule is CCCOc1cc(F)cc2c(=O)c(-c3ccc(OC)cc3)c[nH]c12. The first-order chi connectivity index (χ1) is 11.6. The maximum Gasteiger partial charge on any atom is 0.197 e. The summed E-state index contributed by atoms with van der Waals surface area (Å²) in [7, 11) is 1.58. The Bertz CT molecular complexity index is 916. The third kappa shape index (κ3) is 2.97. The zero-order chi connectivity index (χ0) is 17.1. The Balaban J connectivity index is 2.15. The number of ether oxygens (including phenoxy) is 2. The number of methoxy groups -OCH3 is 1. The lowest BCUT2D eigenvalue weighted by atomic mass is 10.0. The maximum absolute atomic E-state index is 13.9. The molecule has 0 aliphatic carbocycles. The first-order valence-electron chi connectivity index (χ1n) is 7.76. The van der Waals surface area contributed by atoms with E-state index in [4.69, 9.17) is 9.47 Å². The zero-order valence-electron chi connectivity index (χ0n) is 13.6. The molecule has 24 heavy (non-hydrogen) atoms. The van der Waals surface area contributed by atoms with Gasteiger partial charge in [0.1, 0.15) is 17.3 Å². The molecular weight excluding hydrogens is 309 g/mol. The highest BCUT2D eigenvalue weighted by Gasteiger charge is 2.13. The number of fused-ring (bicyclic) bond motifs is 1. The smallest absolute Gasteiger partial charge is 0.197 e. The van der Waals surface area contributed by atoms with Crippen LogP contribution in [0.15, 0.2) is 47.4 Å². The molecule has 0 aliphatic heterocycles. The quantitative estimate of drug-likeness (QED) is 0.766. The van der Waals surface area contributed by atoms with E-state index in [1.165, 1.54) is 12.1 Å². The van der Waals surface area contributed by atoms with E-state index in [2.05, 4.69) is 4.98 Å². The van der Waals surface area contributed by atoms with Gasteiger partial charge in [0.2, 0.25) is 0 Å². The summed E-state index contributed by atoms with van der Waals surface area (Å²) in [6, 6.07) is 9.67. The average molecular weight is 327 g/mol. The molecule has 0 unspecified atom stereocenters. The standard InChI is InChI=1S/C19H18FNO3/c1-3-8-24-17-10-13(20)9-15-18(17)21-11-16(19(15)22)12-4-6-14(23-2)7-5-12/h4-7,9-11H,3,8H2,1-2H3,(H,21,22). The van der Waals surface area contributed by atoms with Gasteiger partial charge in [0.05, 0.1) is 24.6 Å². The van der Waals surface area contributed by atoms with Crippen molar-refractivity contribution in [2.24, 2.45) is 0 Å². The highest BCUT2D eigenvalue weighted by Crippen LogP contribution is 2.26. The summed E-state index contributed by atoms with van der Waals surface area (Å²) in [5.41, 5.74) is 1.47. The molecule has 1 aromatic heterocycles. The van der Waals surface area contributed by atoms with Crippen molar-refractivity contribution in [1.82, 2.24) is 4.98 Å². The van der Waals surface area contributed by atoms with Crippen LogP contribution in [0.4, 0.5) is 4.39 Å². The van der Waals surface area contributed by atoms with Gasteiger partial charge in [0, 0.05) is 17.8 Å². The fourth-order valence-electron chi connectivity index (χ4n) is 2.58. The van der Waals surface area contributed by atoms with Crippen molar-refractivity contribution < 1.29 is 13.9 Å². The van der Waals surface area contributed by atoms with Crippen LogP contribution < -0.4 is 14.9 Å². The van der Waals surface area contributed by atoms with Gasteiger partial charge in [-0.25, -0.2) is 4.39 Å². The van der Waals surface area contributed by atoms with E-state index in [0.29, 0.717) is 29.2 Å². The molecule has 0 radical (unpaired) electrons. The molecule has 1 heterocycles. The number of aromatic nitrogens is 1. The molecule has 5 heteroatoms. The van der Waals surface area contributed by atoms with Crippen molar-refractivity contribution in [2.75, 3.05) is 13.7 Å². The third-order valence-corrected chi connectivity index (χ3v) is 3.78. The van der Waals surface area contributed by atoms with E-state index in [-0.39, 0.29) is 10.8 Å². The van der Waals surface area contributed by atoms with Crippen LogP contribution in [0.1, 0.15) is 13.3 Å². The number of hydrogen-bond acceptors (Lipinski definition) is 3. The summed E-state index contributed by atoms with van der Waals surface area (Å²) in [5.74, 6) is 0.563. The van der Waals surface area contributed by atoms with Crippen molar-refractivity contribution in [3.05, 3.63) is 58.6 Å². The molecule has 0 saturated carbocycles. The minimum absolute atomic E-state index is 0.241.